The number of fused-ring (bicyclic) bond motifs is 3. The number of benzene rings is 1. The number of hydrogen-bond donors (Lipinski definition) is 4. The molecule has 0 saturated carbocycles. The van der Waals surface area contributed by atoms with E-state index in [2.05, 4.69) is 0 Å². The van der Waals surface area contributed by atoms with E-state index in [9.17, 15) is 25.2 Å². The summed E-state index contributed by atoms with van der Waals surface area (Å²) in [5.74, 6) is 0.572. The van der Waals surface area contributed by atoms with Gasteiger partial charge in [0.25, 0.3) is 0 Å². The van der Waals surface area contributed by atoms with Crippen LogP contribution in [0.15, 0.2) is 33.5 Å². The van der Waals surface area contributed by atoms with E-state index < -0.39 is 54.6 Å². The van der Waals surface area contributed by atoms with Gasteiger partial charge in [-0.3, -0.25) is 0 Å². The summed E-state index contributed by atoms with van der Waals surface area (Å²) in [6, 6.07) is 6.63. The quantitative estimate of drug-likeness (QED) is 0.502. The van der Waals surface area contributed by atoms with E-state index in [0.29, 0.717) is 17.8 Å². The molecule has 2 aliphatic rings. The van der Waals surface area contributed by atoms with Crippen molar-refractivity contribution in [3.8, 4) is 5.75 Å². The monoisotopic (exact) mass is 408 g/mol. The van der Waals surface area contributed by atoms with Crippen LogP contribution in [0, 0.1) is 0 Å². The largest absolute Gasteiger partial charge is 0.487 e. The van der Waals surface area contributed by atoms with Crippen molar-refractivity contribution in [2.24, 2.45) is 0 Å². The second kappa shape index (κ2) is 7.35. The third kappa shape index (κ3) is 3.54. The van der Waals surface area contributed by atoms with Gasteiger partial charge in [-0.2, -0.15) is 0 Å². The first kappa shape index (κ1) is 20.3. The fourth-order valence-corrected chi connectivity index (χ4v) is 3.78. The van der Waals surface area contributed by atoms with E-state index in [1.54, 1.807) is 32.0 Å². The lowest BCUT2D eigenvalue weighted by Gasteiger charge is -2.43. The lowest BCUT2D eigenvalue weighted by Crippen LogP contribution is -2.61. The molecule has 1 aromatic carbocycles. The highest BCUT2D eigenvalue weighted by Crippen LogP contribution is 2.39. The van der Waals surface area contributed by atoms with Crippen LogP contribution in [0.4, 0.5) is 0 Å². The molecule has 0 spiro atoms. The van der Waals surface area contributed by atoms with Gasteiger partial charge in [0.15, 0.2) is 6.29 Å². The lowest BCUT2D eigenvalue weighted by atomic mass is 9.95. The van der Waals surface area contributed by atoms with Crippen LogP contribution in [0.25, 0.3) is 11.0 Å². The Bertz CT molecular complexity index is 951. The first-order valence-corrected chi connectivity index (χ1v) is 9.42. The summed E-state index contributed by atoms with van der Waals surface area (Å²) < 4.78 is 22.7. The van der Waals surface area contributed by atoms with Crippen molar-refractivity contribution in [2.75, 3.05) is 6.61 Å². The van der Waals surface area contributed by atoms with Crippen LogP contribution < -0.4 is 10.4 Å². The van der Waals surface area contributed by atoms with E-state index >= 15 is 0 Å². The van der Waals surface area contributed by atoms with Gasteiger partial charge < -0.3 is 39.1 Å². The van der Waals surface area contributed by atoms with E-state index in [1.165, 1.54) is 6.07 Å². The van der Waals surface area contributed by atoms with Crippen molar-refractivity contribution >= 4 is 11.0 Å². The molecule has 3 heterocycles. The number of aliphatic hydroxyl groups is 4. The van der Waals surface area contributed by atoms with Gasteiger partial charge in [0.05, 0.1) is 6.61 Å². The van der Waals surface area contributed by atoms with Gasteiger partial charge in [0.2, 0.25) is 0 Å². The molecule has 0 amide bonds. The Labute approximate surface area is 166 Å². The first-order valence-electron chi connectivity index (χ1n) is 9.42. The van der Waals surface area contributed by atoms with Crippen molar-refractivity contribution in [1.29, 1.82) is 0 Å². The Morgan fingerprint density at radius 1 is 1.10 bits per heavy atom. The van der Waals surface area contributed by atoms with E-state index in [4.69, 9.17) is 18.6 Å². The van der Waals surface area contributed by atoms with Crippen molar-refractivity contribution in [3.05, 3.63) is 40.2 Å². The molecule has 9 heteroatoms. The predicted molar refractivity (Wildman–Crippen MR) is 99.5 cm³/mol. The van der Waals surface area contributed by atoms with Gasteiger partial charge in [0.1, 0.15) is 47.5 Å². The summed E-state index contributed by atoms with van der Waals surface area (Å²) in [5, 5.41) is 40.2. The first-order chi connectivity index (χ1) is 13.7. The molecule has 2 aromatic rings. The van der Waals surface area contributed by atoms with Crippen LogP contribution in [0.3, 0.4) is 0 Å². The minimum atomic E-state index is -1.53. The molecule has 29 heavy (non-hydrogen) atoms. The molecule has 4 N–H and O–H groups in total. The van der Waals surface area contributed by atoms with E-state index in [1.807, 2.05) is 0 Å². The summed E-state index contributed by atoms with van der Waals surface area (Å²) in [7, 11) is 0. The highest BCUT2D eigenvalue weighted by molar-refractivity contribution is 5.82. The van der Waals surface area contributed by atoms with Crippen molar-refractivity contribution < 1.29 is 39.1 Å². The number of rotatable bonds is 4. The predicted octanol–water partition coefficient (Wildman–Crippen LogP) is -0.308. The standard InChI is InChI=1S/C20H24O9/c1-20(2,29-19-17(25)16(24)15(23)12(8-21)27-19)13-7-10-11(26-13)5-3-9-4-6-14(22)28-18(9)10/h3-6,12-13,15-17,19,21,23-25H,7-8H2,1-2H3/t12-,13+,15-,16+,17-,19+/m1/s1. The van der Waals surface area contributed by atoms with Crippen LogP contribution in [-0.4, -0.2) is 69.4 Å². The van der Waals surface area contributed by atoms with Crippen molar-refractivity contribution in [2.45, 2.75) is 62.7 Å². The van der Waals surface area contributed by atoms with Crippen molar-refractivity contribution in [1.82, 2.24) is 0 Å². The summed E-state index contributed by atoms with van der Waals surface area (Å²) >= 11 is 0. The maximum atomic E-state index is 11.6. The average molecular weight is 408 g/mol. The van der Waals surface area contributed by atoms with Crippen LogP contribution in [0.5, 0.6) is 5.75 Å². The van der Waals surface area contributed by atoms with Crippen LogP contribution in [0.2, 0.25) is 0 Å². The number of ether oxygens (including phenoxy) is 3. The molecule has 1 aromatic heterocycles. The SMILES string of the molecule is CC(C)(O[C@@H]1O[C@H](CO)[C@@H](O)[C@H](O)[C@H]1O)[C@@H]1Cc2c(ccc3ccc(=O)oc23)O1. The Balaban J connectivity index is 1.55. The van der Waals surface area contributed by atoms with Gasteiger partial charge in [0, 0.05) is 23.4 Å². The van der Waals surface area contributed by atoms with E-state index in [-0.39, 0.29) is 0 Å². The lowest BCUT2D eigenvalue weighted by molar-refractivity contribution is -0.329. The minimum absolute atomic E-state index is 0.393. The molecule has 158 valence electrons. The number of aliphatic hydroxyl groups excluding tert-OH is 4. The summed E-state index contributed by atoms with van der Waals surface area (Å²) in [5.41, 5.74) is -0.239. The van der Waals surface area contributed by atoms with Gasteiger partial charge in [-0.1, -0.05) is 0 Å². The van der Waals surface area contributed by atoms with Gasteiger partial charge in [-0.15, -0.1) is 0 Å². The smallest absolute Gasteiger partial charge is 0.336 e. The fraction of sp³-hybridized carbons (Fsp3) is 0.550. The summed E-state index contributed by atoms with van der Waals surface area (Å²) in [6.07, 6.45) is -6.93. The maximum Gasteiger partial charge on any atom is 0.336 e. The summed E-state index contributed by atoms with van der Waals surface area (Å²) in [6.45, 7) is 2.94. The van der Waals surface area contributed by atoms with Gasteiger partial charge in [-0.05, 0) is 32.0 Å². The second-order valence-corrected chi connectivity index (χ2v) is 7.94. The maximum absolute atomic E-state index is 11.6. The highest BCUT2D eigenvalue weighted by atomic mass is 16.7. The highest BCUT2D eigenvalue weighted by Gasteiger charge is 2.48. The minimum Gasteiger partial charge on any atom is -0.487 e. The van der Waals surface area contributed by atoms with Crippen LogP contribution in [-0.2, 0) is 15.9 Å². The Hall–Kier alpha value is -2.01. The topological polar surface area (TPSA) is 139 Å². The molecule has 0 radical (unpaired) electrons. The van der Waals surface area contributed by atoms with Gasteiger partial charge in [-0.25, -0.2) is 4.79 Å². The third-order valence-corrected chi connectivity index (χ3v) is 5.55. The normalized spacial score (nSPS) is 32.2. The van der Waals surface area contributed by atoms with Crippen molar-refractivity contribution in [3.63, 3.8) is 0 Å². The average Bonchev–Trinajstić information content (AvgIpc) is 3.14. The molecule has 1 saturated heterocycles. The van der Waals surface area contributed by atoms with E-state index in [0.717, 1.165) is 10.9 Å². The van der Waals surface area contributed by atoms with Crippen LogP contribution >= 0.6 is 0 Å². The zero-order chi connectivity index (χ0) is 20.9. The molecule has 6 atom stereocenters. The molecule has 2 aliphatic heterocycles. The van der Waals surface area contributed by atoms with Crippen LogP contribution in [0.1, 0.15) is 19.4 Å². The zero-order valence-corrected chi connectivity index (χ0v) is 16.0. The Kier molecular flexibility index (Phi) is 5.14. The Morgan fingerprint density at radius 2 is 1.83 bits per heavy atom. The summed E-state index contributed by atoms with van der Waals surface area (Å²) in [4.78, 5) is 11.6. The molecule has 4 rings (SSSR count). The van der Waals surface area contributed by atoms with Gasteiger partial charge >= 0.3 is 5.63 Å². The Morgan fingerprint density at radius 3 is 2.55 bits per heavy atom. The second-order valence-electron chi connectivity index (χ2n) is 7.94. The molecule has 1 fully saturated rings. The zero-order valence-electron chi connectivity index (χ0n) is 16.0. The molecule has 0 unspecified atom stereocenters. The molecular weight excluding hydrogens is 384 g/mol. The molecular formula is C20H24O9. The number of hydrogen-bond acceptors (Lipinski definition) is 9. The molecule has 9 nitrogen and oxygen atoms in total. The molecule has 0 bridgehead atoms. The fourth-order valence-electron chi connectivity index (χ4n) is 3.78. The molecule has 0 aliphatic carbocycles. The third-order valence-electron chi connectivity index (χ3n) is 5.55.